The van der Waals surface area contributed by atoms with Crippen LogP contribution >= 0.6 is 0 Å². The Kier molecular flexibility index (Phi) is 6.76. The molecule has 1 N–H and O–H groups in total. The standard InChI is InChI=1S/C15H30N2O3/c1-5-17(14(19)20-15(2,3)4)12-13-7-6-8-16(11-13)9-10-18/h13,18H,5-12H2,1-4H3. The zero-order valence-electron chi connectivity index (χ0n) is 13.4. The van der Waals surface area contributed by atoms with Gasteiger partial charge >= 0.3 is 6.09 Å². The molecular weight excluding hydrogens is 256 g/mol. The third kappa shape index (κ3) is 6.09. The van der Waals surface area contributed by atoms with E-state index in [4.69, 9.17) is 9.84 Å². The van der Waals surface area contributed by atoms with E-state index in [1.165, 1.54) is 0 Å². The van der Waals surface area contributed by atoms with Crippen LogP contribution in [0.25, 0.3) is 0 Å². The Morgan fingerprint density at radius 2 is 2.15 bits per heavy atom. The molecule has 118 valence electrons. The second-order valence-electron chi connectivity index (χ2n) is 6.55. The summed E-state index contributed by atoms with van der Waals surface area (Å²) in [7, 11) is 0. The first-order valence-electron chi connectivity index (χ1n) is 7.67. The number of aliphatic hydroxyl groups is 1. The molecule has 20 heavy (non-hydrogen) atoms. The van der Waals surface area contributed by atoms with Gasteiger partial charge in [0.15, 0.2) is 0 Å². The molecule has 1 unspecified atom stereocenters. The molecule has 1 atom stereocenters. The lowest BCUT2D eigenvalue weighted by Gasteiger charge is -2.35. The van der Waals surface area contributed by atoms with E-state index in [0.29, 0.717) is 12.5 Å². The Bertz CT molecular complexity index is 300. The van der Waals surface area contributed by atoms with Crippen LogP contribution in [0.4, 0.5) is 4.79 Å². The molecule has 0 aromatic rings. The van der Waals surface area contributed by atoms with E-state index in [9.17, 15) is 4.79 Å². The number of hydrogen-bond donors (Lipinski definition) is 1. The van der Waals surface area contributed by atoms with Crippen molar-refractivity contribution in [2.24, 2.45) is 5.92 Å². The van der Waals surface area contributed by atoms with Crippen molar-refractivity contribution >= 4 is 6.09 Å². The van der Waals surface area contributed by atoms with Gasteiger partial charge in [-0.3, -0.25) is 0 Å². The van der Waals surface area contributed by atoms with Crippen molar-refractivity contribution in [1.82, 2.24) is 9.80 Å². The predicted molar refractivity (Wildman–Crippen MR) is 79.7 cm³/mol. The fraction of sp³-hybridized carbons (Fsp3) is 0.933. The van der Waals surface area contributed by atoms with E-state index in [1.54, 1.807) is 4.90 Å². The highest BCUT2D eigenvalue weighted by molar-refractivity contribution is 5.68. The summed E-state index contributed by atoms with van der Waals surface area (Å²) in [5.74, 6) is 0.475. The number of rotatable bonds is 5. The minimum Gasteiger partial charge on any atom is -0.444 e. The Labute approximate surface area is 122 Å². The first kappa shape index (κ1) is 17.2. The molecule has 0 aromatic carbocycles. The van der Waals surface area contributed by atoms with Gasteiger partial charge in [-0.05, 0) is 53.0 Å². The lowest BCUT2D eigenvalue weighted by molar-refractivity contribution is 0.0194. The van der Waals surface area contributed by atoms with E-state index in [2.05, 4.69) is 4.90 Å². The van der Waals surface area contributed by atoms with E-state index < -0.39 is 5.60 Å². The van der Waals surface area contributed by atoms with Gasteiger partial charge in [0.2, 0.25) is 0 Å². The number of ether oxygens (including phenoxy) is 1. The van der Waals surface area contributed by atoms with E-state index in [1.807, 2.05) is 27.7 Å². The Hall–Kier alpha value is -0.810. The van der Waals surface area contributed by atoms with Gasteiger partial charge in [-0.25, -0.2) is 4.79 Å². The summed E-state index contributed by atoms with van der Waals surface area (Å²) in [5, 5.41) is 9.02. The largest absolute Gasteiger partial charge is 0.444 e. The zero-order chi connectivity index (χ0) is 15.2. The maximum atomic E-state index is 12.1. The SMILES string of the molecule is CCN(CC1CCCN(CCO)C1)C(=O)OC(C)(C)C. The first-order chi connectivity index (χ1) is 9.35. The summed E-state index contributed by atoms with van der Waals surface area (Å²) in [6, 6.07) is 0. The molecule has 5 nitrogen and oxygen atoms in total. The van der Waals surface area contributed by atoms with Crippen molar-refractivity contribution in [1.29, 1.82) is 0 Å². The molecule has 1 heterocycles. The highest BCUT2D eigenvalue weighted by Gasteiger charge is 2.26. The maximum absolute atomic E-state index is 12.1. The van der Waals surface area contributed by atoms with Crippen LogP contribution in [-0.4, -0.2) is 65.9 Å². The quantitative estimate of drug-likeness (QED) is 0.839. The fourth-order valence-electron chi connectivity index (χ4n) is 2.62. The first-order valence-corrected chi connectivity index (χ1v) is 7.67. The molecule has 0 bridgehead atoms. The Morgan fingerprint density at radius 1 is 1.45 bits per heavy atom. The van der Waals surface area contributed by atoms with Crippen LogP contribution in [0.2, 0.25) is 0 Å². The molecule has 0 aromatic heterocycles. The summed E-state index contributed by atoms with van der Waals surface area (Å²) >= 11 is 0. The molecule has 1 amide bonds. The second kappa shape index (κ2) is 7.84. The number of hydrogen-bond acceptors (Lipinski definition) is 4. The number of nitrogens with zero attached hydrogens (tertiary/aromatic N) is 2. The van der Waals surface area contributed by atoms with Crippen molar-refractivity contribution in [3.63, 3.8) is 0 Å². The molecule has 1 fully saturated rings. The summed E-state index contributed by atoms with van der Waals surface area (Å²) in [5.41, 5.74) is -0.444. The molecular formula is C15H30N2O3. The van der Waals surface area contributed by atoms with Gasteiger partial charge < -0.3 is 19.6 Å². The van der Waals surface area contributed by atoms with Crippen LogP contribution < -0.4 is 0 Å². The molecule has 1 saturated heterocycles. The van der Waals surface area contributed by atoms with E-state index in [-0.39, 0.29) is 12.7 Å². The number of aliphatic hydroxyl groups excluding tert-OH is 1. The number of carbonyl (C=O) groups is 1. The van der Waals surface area contributed by atoms with Gasteiger partial charge in [0.1, 0.15) is 5.60 Å². The summed E-state index contributed by atoms with van der Waals surface area (Å²) < 4.78 is 5.44. The zero-order valence-corrected chi connectivity index (χ0v) is 13.4. The van der Waals surface area contributed by atoms with E-state index >= 15 is 0 Å². The van der Waals surface area contributed by atoms with Gasteiger partial charge in [-0.1, -0.05) is 0 Å². The number of carbonyl (C=O) groups excluding carboxylic acids is 1. The van der Waals surface area contributed by atoms with Crippen LogP contribution in [-0.2, 0) is 4.74 Å². The van der Waals surface area contributed by atoms with Crippen LogP contribution in [0.5, 0.6) is 0 Å². The van der Waals surface area contributed by atoms with Crippen LogP contribution in [0.15, 0.2) is 0 Å². The van der Waals surface area contributed by atoms with Crippen molar-refractivity contribution in [2.75, 3.05) is 39.3 Å². The van der Waals surface area contributed by atoms with E-state index in [0.717, 1.165) is 39.0 Å². The molecule has 1 aliphatic heterocycles. The molecule has 0 spiro atoms. The highest BCUT2D eigenvalue weighted by Crippen LogP contribution is 2.18. The smallest absolute Gasteiger partial charge is 0.410 e. The lowest BCUT2D eigenvalue weighted by Crippen LogP contribution is -2.45. The number of likely N-dealkylation sites (tertiary alicyclic amines) is 1. The Balaban J connectivity index is 2.48. The number of piperidine rings is 1. The third-order valence-electron chi connectivity index (χ3n) is 3.53. The average molecular weight is 286 g/mol. The second-order valence-corrected chi connectivity index (χ2v) is 6.55. The minimum absolute atomic E-state index is 0.205. The van der Waals surface area contributed by atoms with Crippen LogP contribution in [0.3, 0.4) is 0 Å². The van der Waals surface area contributed by atoms with Gasteiger partial charge in [-0.2, -0.15) is 0 Å². The normalized spacial score (nSPS) is 20.8. The summed E-state index contributed by atoms with van der Waals surface area (Å²) in [4.78, 5) is 16.2. The summed E-state index contributed by atoms with van der Waals surface area (Å²) in [6.45, 7) is 12.0. The molecule has 0 radical (unpaired) electrons. The molecule has 1 aliphatic rings. The summed E-state index contributed by atoms with van der Waals surface area (Å²) in [6.07, 6.45) is 2.05. The Morgan fingerprint density at radius 3 is 2.70 bits per heavy atom. The van der Waals surface area contributed by atoms with Gasteiger partial charge in [0, 0.05) is 26.2 Å². The van der Waals surface area contributed by atoms with Crippen LogP contribution in [0.1, 0.15) is 40.5 Å². The topological polar surface area (TPSA) is 53.0 Å². The molecule has 1 rings (SSSR count). The number of amides is 1. The highest BCUT2D eigenvalue weighted by atomic mass is 16.6. The third-order valence-corrected chi connectivity index (χ3v) is 3.53. The molecule has 0 aliphatic carbocycles. The van der Waals surface area contributed by atoms with Crippen molar-refractivity contribution in [3.8, 4) is 0 Å². The van der Waals surface area contributed by atoms with Crippen molar-refractivity contribution in [2.45, 2.75) is 46.1 Å². The average Bonchev–Trinajstić information content (AvgIpc) is 2.34. The lowest BCUT2D eigenvalue weighted by atomic mass is 9.97. The monoisotopic (exact) mass is 286 g/mol. The minimum atomic E-state index is -0.444. The molecule has 5 heteroatoms. The van der Waals surface area contributed by atoms with Gasteiger partial charge in [0.05, 0.1) is 6.61 Å². The van der Waals surface area contributed by atoms with Gasteiger partial charge in [-0.15, -0.1) is 0 Å². The van der Waals surface area contributed by atoms with Crippen molar-refractivity contribution in [3.05, 3.63) is 0 Å². The fourth-order valence-corrected chi connectivity index (χ4v) is 2.62. The van der Waals surface area contributed by atoms with Gasteiger partial charge in [0.25, 0.3) is 0 Å². The number of β-amino-alcohol motifs (C(OH)–C–C–N with tert-alkyl or cyclic N) is 1. The van der Waals surface area contributed by atoms with Crippen molar-refractivity contribution < 1.29 is 14.6 Å². The molecule has 0 saturated carbocycles. The van der Waals surface area contributed by atoms with Crippen LogP contribution in [0, 0.1) is 5.92 Å². The predicted octanol–water partition coefficient (Wildman–Crippen LogP) is 1.95. The maximum Gasteiger partial charge on any atom is 0.410 e.